The Balaban J connectivity index is 2.57. The molecule has 0 radical (unpaired) electrons. The minimum atomic E-state index is -0.432. The van der Waals surface area contributed by atoms with E-state index in [4.69, 9.17) is 4.74 Å². The molecule has 0 amide bonds. The summed E-state index contributed by atoms with van der Waals surface area (Å²) >= 11 is 0. The zero-order valence-electron chi connectivity index (χ0n) is 13.7. The quantitative estimate of drug-likeness (QED) is 0.600. The molecule has 0 saturated heterocycles. The smallest absolute Gasteiger partial charge is 0.191 e. The third-order valence-corrected chi connectivity index (χ3v) is 3.21. The van der Waals surface area contributed by atoms with Crippen molar-refractivity contribution >= 4 is 5.96 Å². The van der Waals surface area contributed by atoms with Crippen LogP contribution in [0.4, 0.5) is 8.78 Å². The number of methoxy groups -OCH3 is 1. The summed E-state index contributed by atoms with van der Waals surface area (Å²) in [6, 6.07) is 3.48. The van der Waals surface area contributed by atoms with Crippen molar-refractivity contribution in [2.45, 2.75) is 32.8 Å². The van der Waals surface area contributed by atoms with E-state index in [-0.39, 0.29) is 5.60 Å². The van der Waals surface area contributed by atoms with Crippen molar-refractivity contribution in [1.82, 2.24) is 10.6 Å². The number of hydrogen-bond donors (Lipinski definition) is 2. The van der Waals surface area contributed by atoms with Crippen molar-refractivity contribution in [1.29, 1.82) is 0 Å². The summed E-state index contributed by atoms with van der Waals surface area (Å²) in [6.45, 7) is 7.52. The number of rotatable bonds is 7. The lowest BCUT2D eigenvalue weighted by Gasteiger charge is -2.21. The first-order valence-corrected chi connectivity index (χ1v) is 7.39. The van der Waals surface area contributed by atoms with E-state index in [9.17, 15) is 8.78 Å². The molecule has 124 valence electrons. The van der Waals surface area contributed by atoms with Crippen LogP contribution in [0.1, 0.15) is 26.3 Å². The Bertz CT molecular complexity index is 504. The molecule has 0 saturated carbocycles. The molecule has 1 rings (SSSR count). The maximum absolute atomic E-state index is 13.5. The van der Waals surface area contributed by atoms with Crippen LogP contribution in [0.2, 0.25) is 0 Å². The summed E-state index contributed by atoms with van der Waals surface area (Å²) in [5, 5.41) is 6.21. The fraction of sp³-hybridized carbons (Fsp3) is 0.562. The van der Waals surface area contributed by atoms with Crippen molar-refractivity contribution in [2.75, 3.05) is 26.7 Å². The molecule has 1 aromatic rings. The standard InChI is InChI=1S/C16H25F2N3O/c1-5-19-15(21-11-16(2,3)22-4)20-9-8-12-10-13(17)6-7-14(12)18/h6-7,10H,5,8-9,11H2,1-4H3,(H2,19,20,21). The number of ether oxygens (including phenoxy) is 1. The van der Waals surface area contributed by atoms with Crippen LogP contribution in [0.5, 0.6) is 0 Å². The van der Waals surface area contributed by atoms with Gasteiger partial charge >= 0.3 is 0 Å². The van der Waals surface area contributed by atoms with Crippen LogP contribution in [0.25, 0.3) is 0 Å². The average Bonchev–Trinajstić information content (AvgIpc) is 2.48. The number of guanidine groups is 1. The molecule has 4 nitrogen and oxygen atoms in total. The van der Waals surface area contributed by atoms with Gasteiger partial charge in [0.2, 0.25) is 0 Å². The predicted molar refractivity (Wildman–Crippen MR) is 85.1 cm³/mol. The van der Waals surface area contributed by atoms with Gasteiger partial charge in [-0.25, -0.2) is 8.78 Å². The van der Waals surface area contributed by atoms with Gasteiger partial charge in [0.05, 0.1) is 12.1 Å². The molecule has 0 aromatic heterocycles. The van der Waals surface area contributed by atoms with E-state index in [2.05, 4.69) is 15.6 Å². The predicted octanol–water partition coefficient (Wildman–Crippen LogP) is 2.49. The molecule has 6 heteroatoms. The SMILES string of the molecule is CCNC(=NCC(C)(C)OC)NCCc1cc(F)ccc1F. The van der Waals surface area contributed by atoms with Gasteiger partial charge in [-0.15, -0.1) is 0 Å². The molecule has 0 aliphatic heterocycles. The van der Waals surface area contributed by atoms with Crippen LogP contribution in [-0.2, 0) is 11.2 Å². The second-order valence-electron chi connectivity index (χ2n) is 5.57. The highest BCUT2D eigenvalue weighted by molar-refractivity contribution is 5.79. The molecule has 2 N–H and O–H groups in total. The lowest BCUT2D eigenvalue weighted by atomic mass is 10.1. The average molecular weight is 313 g/mol. The Morgan fingerprint density at radius 3 is 2.64 bits per heavy atom. The summed E-state index contributed by atoms with van der Waals surface area (Å²) < 4.78 is 32.0. The monoisotopic (exact) mass is 313 g/mol. The minimum absolute atomic E-state index is 0.348. The highest BCUT2D eigenvalue weighted by Gasteiger charge is 2.15. The van der Waals surface area contributed by atoms with Crippen LogP contribution in [0, 0.1) is 11.6 Å². The fourth-order valence-electron chi connectivity index (χ4n) is 1.73. The molecule has 1 aromatic carbocycles. The van der Waals surface area contributed by atoms with Crippen LogP contribution in [-0.4, -0.2) is 38.3 Å². The summed E-state index contributed by atoms with van der Waals surface area (Å²) in [4.78, 5) is 4.43. The Kier molecular flexibility index (Phi) is 7.24. The van der Waals surface area contributed by atoms with Crippen molar-refractivity contribution in [3.63, 3.8) is 0 Å². The highest BCUT2D eigenvalue weighted by atomic mass is 19.1. The van der Waals surface area contributed by atoms with Crippen LogP contribution >= 0.6 is 0 Å². The normalized spacial score (nSPS) is 12.4. The molecule has 0 aliphatic carbocycles. The largest absolute Gasteiger partial charge is 0.377 e. The van der Waals surface area contributed by atoms with Gasteiger partial charge in [0.25, 0.3) is 0 Å². The molecule has 22 heavy (non-hydrogen) atoms. The summed E-state index contributed by atoms with van der Waals surface area (Å²) in [7, 11) is 1.64. The first-order valence-electron chi connectivity index (χ1n) is 7.39. The molecule has 0 spiro atoms. The number of benzene rings is 1. The van der Waals surface area contributed by atoms with E-state index < -0.39 is 11.6 Å². The van der Waals surface area contributed by atoms with Gasteiger partial charge in [-0.05, 0) is 51.0 Å². The van der Waals surface area contributed by atoms with E-state index in [1.807, 2.05) is 20.8 Å². The van der Waals surface area contributed by atoms with Gasteiger partial charge < -0.3 is 15.4 Å². The maximum Gasteiger partial charge on any atom is 0.191 e. The van der Waals surface area contributed by atoms with Crippen LogP contribution in [0.3, 0.4) is 0 Å². The van der Waals surface area contributed by atoms with Gasteiger partial charge in [-0.2, -0.15) is 0 Å². The first-order chi connectivity index (χ1) is 10.4. The van der Waals surface area contributed by atoms with Crippen molar-refractivity contribution in [3.05, 3.63) is 35.4 Å². The second-order valence-corrected chi connectivity index (χ2v) is 5.57. The minimum Gasteiger partial charge on any atom is -0.377 e. The van der Waals surface area contributed by atoms with Crippen LogP contribution < -0.4 is 10.6 Å². The van der Waals surface area contributed by atoms with Gasteiger partial charge in [-0.3, -0.25) is 4.99 Å². The lowest BCUT2D eigenvalue weighted by Crippen LogP contribution is -2.40. The van der Waals surface area contributed by atoms with Crippen LogP contribution in [0.15, 0.2) is 23.2 Å². The third kappa shape index (κ3) is 6.39. The molecule has 0 aliphatic rings. The van der Waals surface area contributed by atoms with E-state index in [0.29, 0.717) is 37.6 Å². The molecular weight excluding hydrogens is 288 g/mol. The Hall–Kier alpha value is -1.69. The zero-order chi connectivity index (χ0) is 16.6. The molecular formula is C16H25F2N3O. The second kappa shape index (κ2) is 8.68. The molecule has 0 unspecified atom stereocenters. The third-order valence-electron chi connectivity index (χ3n) is 3.21. The Morgan fingerprint density at radius 2 is 2.00 bits per heavy atom. The Labute approximate surface area is 131 Å². The molecule has 0 bridgehead atoms. The van der Waals surface area contributed by atoms with Gasteiger partial charge in [0.1, 0.15) is 11.6 Å². The molecule has 0 fully saturated rings. The van der Waals surface area contributed by atoms with E-state index >= 15 is 0 Å². The van der Waals surface area contributed by atoms with Crippen molar-refractivity contribution < 1.29 is 13.5 Å². The number of hydrogen-bond acceptors (Lipinski definition) is 2. The molecule has 0 atom stereocenters. The number of nitrogens with one attached hydrogen (secondary N) is 2. The fourth-order valence-corrected chi connectivity index (χ4v) is 1.73. The number of halogens is 2. The van der Waals surface area contributed by atoms with Crippen molar-refractivity contribution in [2.24, 2.45) is 4.99 Å². The molecule has 0 heterocycles. The lowest BCUT2D eigenvalue weighted by molar-refractivity contribution is 0.0310. The van der Waals surface area contributed by atoms with Crippen molar-refractivity contribution in [3.8, 4) is 0 Å². The first kappa shape index (κ1) is 18.4. The summed E-state index contributed by atoms with van der Waals surface area (Å²) in [5.41, 5.74) is -0.00243. The highest BCUT2D eigenvalue weighted by Crippen LogP contribution is 2.10. The number of aliphatic imine (C=N–C) groups is 1. The topological polar surface area (TPSA) is 45.7 Å². The van der Waals surface area contributed by atoms with E-state index in [1.54, 1.807) is 7.11 Å². The maximum atomic E-state index is 13.5. The van der Waals surface area contributed by atoms with Gasteiger partial charge in [0.15, 0.2) is 5.96 Å². The van der Waals surface area contributed by atoms with Gasteiger partial charge in [0, 0.05) is 20.2 Å². The van der Waals surface area contributed by atoms with E-state index in [0.717, 1.165) is 12.1 Å². The Morgan fingerprint density at radius 1 is 1.27 bits per heavy atom. The summed E-state index contributed by atoms with van der Waals surface area (Å²) in [5.74, 6) is -0.200. The van der Waals surface area contributed by atoms with E-state index in [1.165, 1.54) is 6.07 Å². The van der Waals surface area contributed by atoms with Gasteiger partial charge in [-0.1, -0.05) is 0 Å². The summed E-state index contributed by atoms with van der Waals surface area (Å²) in [6.07, 6.45) is 0.377. The zero-order valence-corrected chi connectivity index (χ0v) is 13.7. The number of nitrogens with zero attached hydrogens (tertiary/aromatic N) is 1.